The van der Waals surface area contributed by atoms with Crippen molar-refractivity contribution in [1.82, 2.24) is 9.97 Å². The minimum atomic E-state index is 0.0115. The highest BCUT2D eigenvalue weighted by atomic mass is 16.1. The van der Waals surface area contributed by atoms with Crippen LogP contribution in [0.5, 0.6) is 0 Å². The molecule has 1 amide bonds. The average Bonchev–Trinajstić information content (AvgIpc) is 3.10. The van der Waals surface area contributed by atoms with E-state index in [0.29, 0.717) is 6.42 Å². The Kier molecular flexibility index (Phi) is 4.93. The molecule has 0 atom stereocenters. The molecule has 0 radical (unpaired) electrons. The van der Waals surface area contributed by atoms with Crippen LogP contribution in [0.25, 0.3) is 0 Å². The molecule has 0 unspecified atom stereocenters. The number of benzene rings is 1. The molecular weight excluding hydrogens is 302 g/mol. The van der Waals surface area contributed by atoms with Crippen molar-refractivity contribution >= 4 is 28.9 Å². The Bertz CT molecular complexity index is 708. The lowest BCUT2D eigenvalue weighted by Gasteiger charge is -2.18. The number of hydrogen-bond donors (Lipinski definition) is 2. The largest absolute Gasteiger partial charge is 0.356 e. The summed E-state index contributed by atoms with van der Waals surface area (Å²) in [5, 5.41) is 6.15. The zero-order valence-corrected chi connectivity index (χ0v) is 14.2. The molecule has 1 aromatic heterocycles. The predicted molar refractivity (Wildman–Crippen MR) is 96.9 cm³/mol. The first kappa shape index (κ1) is 16.2. The van der Waals surface area contributed by atoms with Gasteiger partial charge in [0.05, 0.1) is 0 Å². The van der Waals surface area contributed by atoms with Gasteiger partial charge in [-0.1, -0.05) is 6.92 Å². The molecule has 1 fully saturated rings. The molecule has 2 heterocycles. The van der Waals surface area contributed by atoms with Gasteiger partial charge in [-0.15, -0.1) is 0 Å². The van der Waals surface area contributed by atoms with Gasteiger partial charge in [0.25, 0.3) is 0 Å². The number of anilines is 4. The van der Waals surface area contributed by atoms with Gasteiger partial charge in [-0.25, -0.2) is 9.97 Å². The summed E-state index contributed by atoms with van der Waals surface area (Å²) in [6.45, 7) is 5.86. The van der Waals surface area contributed by atoms with Gasteiger partial charge in [-0.2, -0.15) is 0 Å². The monoisotopic (exact) mass is 325 g/mol. The van der Waals surface area contributed by atoms with Crippen molar-refractivity contribution in [2.75, 3.05) is 28.6 Å². The van der Waals surface area contributed by atoms with Crippen LogP contribution >= 0.6 is 0 Å². The van der Waals surface area contributed by atoms with E-state index in [2.05, 4.69) is 25.5 Å². The Labute approximate surface area is 142 Å². The Morgan fingerprint density at radius 1 is 1.12 bits per heavy atom. The standard InChI is InChI=1S/C18H23N5O/c1-3-18(24)22-15-8-6-14(7-9-15)21-16-12-17(20-13(2)19-16)23-10-4-5-11-23/h6-9,12H,3-5,10-11H2,1-2H3,(H,22,24)(H,19,20,21). The average molecular weight is 325 g/mol. The zero-order valence-electron chi connectivity index (χ0n) is 14.2. The van der Waals surface area contributed by atoms with Gasteiger partial charge in [0.2, 0.25) is 5.91 Å². The van der Waals surface area contributed by atoms with Gasteiger partial charge >= 0.3 is 0 Å². The van der Waals surface area contributed by atoms with Crippen molar-refractivity contribution in [2.24, 2.45) is 0 Å². The number of carbonyl (C=O) groups is 1. The highest BCUT2D eigenvalue weighted by Crippen LogP contribution is 2.23. The van der Waals surface area contributed by atoms with Crippen LogP contribution in [0, 0.1) is 6.92 Å². The van der Waals surface area contributed by atoms with Gasteiger partial charge < -0.3 is 15.5 Å². The molecule has 1 aliphatic heterocycles. The normalized spacial score (nSPS) is 13.8. The van der Waals surface area contributed by atoms with Crippen LogP contribution in [0.1, 0.15) is 32.0 Å². The van der Waals surface area contributed by atoms with Gasteiger partial charge in [0, 0.05) is 37.0 Å². The second kappa shape index (κ2) is 7.29. The first-order chi connectivity index (χ1) is 11.6. The lowest BCUT2D eigenvalue weighted by Crippen LogP contribution is -2.19. The number of carbonyl (C=O) groups excluding carboxylic acids is 1. The van der Waals surface area contributed by atoms with Crippen molar-refractivity contribution in [3.8, 4) is 0 Å². The topological polar surface area (TPSA) is 70.2 Å². The lowest BCUT2D eigenvalue weighted by atomic mass is 10.2. The number of aromatic nitrogens is 2. The van der Waals surface area contributed by atoms with E-state index >= 15 is 0 Å². The summed E-state index contributed by atoms with van der Waals surface area (Å²) in [6, 6.07) is 9.61. The summed E-state index contributed by atoms with van der Waals surface area (Å²) in [5.74, 6) is 2.54. The Hall–Kier alpha value is -2.63. The van der Waals surface area contributed by atoms with Gasteiger partial charge in [0.1, 0.15) is 17.5 Å². The van der Waals surface area contributed by atoms with E-state index < -0.39 is 0 Å². The third-order valence-corrected chi connectivity index (χ3v) is 4.02. The van der Waals surface area contributed by atoms with Crippen LogP contribution in [0.2, 0.25) is 0 Å². The summed E-state index contributed by atoms with van der Waals surface area (Å²) < 4.78 is 0. The van der Waals surface area contributed by atoms with Crippen molar-refractivity contribution < 1.29 is 4.79 Å². The summed E-state index contributed by atoms with van der Waals surface area (Å²) in [5.41, 5.74) is 1.72. The lowest BCUT2D eigenvalue weighted by molar-refractivity contribution is -0.115. The van der Waals surface area contributed by atoms with E-state index in [4.69, 9.17) is 0 Å². The fourth-order valence-electron chi connectivity index (χ4n) is 2.76. The van der Waals surface area contributed by atoms with Crippen LogP contribution in [-0.4, -0.2) is 29.0 Å². The molecule has 2 N–H and O–H groups in total. The first-order valence-corrected chi connectivity index (χ1v) is 8.41. The van der Waals surface area contributed by atoms with E-state index in [1.165, 1.54) is 12.8 Å². The van der Waals surface area contributed by atoms with E-state index in [9.17, 15) is 4.79 Å². The van der Waals surface area contributed by atoms with Crippen LogP contribution in [-0.2, 0) is 4.79 Å². The summed E-state index contributed by atoms with van der Waals surface area (Å²) in [4.78, 5) is 22.7. The number of hydrogen-bond acceptors (Lipinski definition) is 5. The third kappa shape index (κ3) is 4.01. The number of rotatable bonds is 5. The zero-order chi connectivity index (χ0) is 16.9. The van der Waals surface area contributed by atoms with Crippen molar-refractivity contribution in [3.63, 3.8) is 0 Å². The SMILES string of the molecule is CCC(=O)Nc1ccc(Nc2cc(N3CCCC3)nc(C)n2)cc1. The highest BCUT2D eigenvalue weighted by molar-refractivity contribution is 5.90. The molecule has 6 heteroatoms. The minimum Gasteiger partial charge on any atom is -0.356 e. The van der Waals surface area contributed by atoms with Crippen molar-refractivity contribution in [2.45, 2.75) is 33.1 Å². The quantitative estimate of drug-likeness (QED) is 0.881. The van der Waals surface area contributed by atoms with Crippen molar-refractivity contribution in [3.05, 3.63) is 36.2 Å². The van der Waals surface area contributed by atoms with Gasteiger partial charge in [0.15, 0.2) is 0 Å². The van der Waals surface area contributed by atoms with Crippen LogP contribution in [0.15, 0.2) is 30.3 Å². The molecule has 126 valence electrons. The maximum absolute atomic E-state index is 11.4. The van der Waals surface area contributed by atoms with Crippen molar-refractivity contribution in [1.29, 1.82) is 0 Å². The molecule has 0 bridgehead atoms. The molecule has 0 saturated carbocycles. The number of nitrogens with one attached hydrogen (secondary N) is 2. The van der Waals surface area contributed by atoms with Crippen LogP contribution in [0.3, 0.4) is 0 Å². The fraction of sp³-hybridized carbons (Fsp3) is 0.389. The Morgan fingerprint density at radius 2 is 1.79 bits per heavy atom. The molecular formula is C18H23N5O. The third-order valence-electron chi connectivity index (χ3n) is 4.02. The first-order valence-electron chi connectivity index (χ1n) is 8.41. The maximum Gasteiger partial charge on any atom is 0.224 e. The van der Waals surface area contributed by atoms with E-state index in [1.807, 2.05) is 44.2 Å². The van der Waals surface area contributed by atoms with E-state index in [1.54, 1.807) is 0 Å². The summed E-state index contributed by atoms with van der Waals surface area (Å²) >= 11 is 0. The molecule has 24 heavy (non-hydrogen) atoms. The second-order valence-corrected chi connectivity index (χ2v) is 5.96. The smallest absolute Gasteiger partial charge is 0.224 e. The molecule has 6 nitrogen and oxygen atoms in total. The van der Waals surface area contributed by atoms with Gasteiger partial charge in [-0.3, -0.25) is 4.79 Å². The van der Waals surface area contributed by atoms with Gasteiger partial charge in [-0.05, 0) is 44.0 Å². The van der Waals surface area contributed by atoms with Crippen LogP contribution in [0.4, 0.5) is 23.0 Å². The Morgan fingerprint density at radius 3 is 2.46 bits per heavy atom. The minimum absolute atomic E-state index is 0.0115. The molecule has 1 saturated heterocycles. The molecule has 3 rings (SSSR count). The summed E-state index contributed by atoms with van der Waals surface area (Å²) in [7, 11) is 0. The maximum atomic E-state index is 11.4. The van der Waals surface area contributed by atoms with E-state index in [0.717, 1.165) is 41.9 Å². The predicted octanol–water partition coefficient (Wildman–Crippen LogP) is 3.48. The fourth-order valence-corrected chi connectivity index (χ4v) is 2.76. The summed E-state index contributed by atoms with van der Waals surface area (Å²) in [6.07, 6.45) is 2.91. The van der Waals surface area contributed by atoms with Crippen LogP contribution < -0.4 is 15.5 Å². The Balaban J connectivity index is 1.72. The molecule has 0 spiro atoms. The molecule has 1 aromatic carbocycles. The van der Waals surface area contributed by atoms with E-state index in [-0.39, 0.29) is 5.91 Å². The number of nitrogens with zero attached hydrogens (tertiary/aromatic N) is 3. The molecule has 0 aliphatic carbocycles. The second-order valence-electron chi connectivity index (χ2n) is 5.96. The number of amides is 1. The molecule has 2 aromatic rings. The number of aryl methyl sites for hydroxylation is 1. The highest BCUT2D eigenvalue weighted by Gasteiger charge is 2.15. The molecule has 1 aliphatic rings.